The summed E-state index contributed by atoms with van der Waals surface area (Å²) in [7, 11) is 0. The molecular weight excluding hydrogens is 2060 g/mol. The average molecular weight is 2150 g/mol. The summed E-state index contributed by atoms with van der Waals surface area (Å²) >= 11 is 55.1. The van der Waals surface area contributed by atoms with Crippen molar-refractivity contribution in [2.45, 2.75) is 179 Å². The van der Waals surface area contributed by atoms with Gasteiger partial charge < -0.3 is 0 Å². The van der Waals surface area contributed by atoms with E-state index in [4.69, 9.17) is 113 Å². The van der Waals surface area contributed by atoms with E-state index in [1.165, 1.54) is 102 Å². The number of hydrogen-bond donors (Lipinski definition) is 0. The maximum absolute atomic E-state index is 15.1. The molecule has 726 valence electrons. The Morgan fingerprint density at radius 1 is 0.262 bits per heavy atom. The molecule has 0 bridgehead atoms. The van der Waals surface area contributed by atoms with Crippen LogP contribution in [0.2, 0.25) is 40.2 Å². The Morgan fingerprint density at radius 2 is 0.589 bits per heavy atom. The lowest BCUT2D eigenvalue weighted by molar-refractivity contribution is 0.490. The van der Waals surface area contributed by atoms with Crippen LogP contribution in [0.25, 0.3) is 22.7 Å². The summed E-state index contributed by atoms with van der Waals surface area (Å²) in [5.74, 6) is -7.18. The second kappa shape index (κ2) is 44.9. The summed E-state index contributed by atoms with van der Waals surface area (Å²) < 4.78 is 180. The molecule has 8 nitrogen and oxygen atoms in total. The van der Waals surface area contributed by atoms with Crippen molar-refractivity contribution in [3.8, 4) is 22.7 Å². The van der Waals surface area contributed by atoms with Crippen LogP contribution in [-0.2, 0) is 48.7 Å². The van der Waals surface area contributed by atoms with Crippen LogP contribution in [0.5, 0.6) is 0 Å². The largest absolute Gasteiger partial charge is 0.291 e. The molecule has 0 aliphatic heterocycles. The van der Waals surface area contributed by atoms with Gasteiger partial charge in [0.2, 0.25) is 0 Å². The predicted octanol–water partition coefficient (Wildman–Crippen LogP) is 35.0. The van der Waals surface area contributed by atoms with Gasteiger partial charge >= 0.3 is 0 Å². The lowest BCUT2D eigenvalue weighted by Gasteiger charge is -2.26. The van der Waals surface area contributed by atoms with Crippen LogP contribution in [0, 0.1) is 104 Å². The fraction of sp³-hybridized carbons (Fsp3) is 0.229. The van der Waals surface area contributed by atoms with E-state index in [0.717, 1.165) is 195 Å². The van der Waals surface area contributed by atoms with Gasteiger partial charge in [0.05, 0.1) is 61.9 Å². The Morgan fingerprint density at radius 3 is 0.950 bits per heavy atom. The fourth-order valence-electron chi connectivity index (χ4n) is 18.6. The third-order valence-corrected chi connectivity index (χ3v) is 32.5. The van der Waals surface area contributed by atoms with Crippen LogP contribution < -0.4 is 0 Å². The highest BCUT2D eigenvalue weighted by Gasteiger charge is 2.38. The van der Waals surface area contributed by atoms with E-state index in [-0.39, 0.29) is 85.1 Å². The van der Waals surface area contributed by atoms with Crippen molar-refractivity contribution in [3.05, 3.63) is 440 Å². The van der Waals surface area contributed by atoms with Gasteiger partial charge in [-0.25, -0.2) is 72.6 Å². The second-order valence-corrected chi connectivity index (χ2v) is 41.9. The van der Waals surface area contributed by atoms with Gasteiger partial charge in [-0.3, -0.25) is 18.3 Å². The molecule has 4 aromatic heterocycles. The first-order chi connectivity index (χ1) is 67.7. The van der Waals surface area contributed by atoms with Gasteiger partial charge in [-0.15, -0.1) is 0 Å². The molecule has 141 heavy (non-hydrogen) atoms. The van der Waals surface area contributed by atoms with E-state index in [1.54, 1.807) is 70.7 Å². The molecule has 4 heterocycles. The number of fused-ring (bicyclic) bond motifs is 4. The molecule has 4 aliphatic rings. The molecule has 0 fully saturated rings. The first-order valence-electron chi connectivity index (χ1n) is 45.3. The first kappa shape index (κ1) is 103. The Bertz CT molecular complexity index is 7360. The van der Waals surface area contributed by atoms with Crippen LogP contribution in [0.4, 0.5) is 52.7 Å². The highest BCUT2D eigenvalue weighted by molar-refractivity contribution is 7.99. The van der Waals surface area contributed by atoms with Crippen molar-refractivity contribution >= 4 is 140 Å². The summed E-state index contributed by atoms with van der Waals surface area (Å²) in [6, 6.07) is 55.9. The van der Waals surface area contributed by atoms with Crippen molar-refractivity contribution in [1.82, 2.24) is 38.2 Å². The van der Waals surface area contributed by atoms with Gasteiger partial charge in [-0.05, 0) is 289 Å². The Labute approximate surface area is 865 Å². The van der Waals surface area contributed by atoms with E-state index in [1.807, 2.05) is 91.4 Å². The van der Waals surface area contributed by atoms with Crippen molar-refractivity contribution < 1.29 is 52.7 Å². The number of aromatic nitrogens is 8. The van der Waals surface area contributed by atoms with E-state index >= 15 is 8.78 Å². The standard InChI is InChI=1S/C28H24ClF3N2S.C27H21Cl3F2N2S.C27H20Cl2F4N2S.C27H21Cl2F3N2S/c1-16-12-24(31)22(25(32)13-16)15-35-28-33-26-5-3-4-21(18-6-11-23(29)17(2)14-18)27(26)34(28)20-9-7-19(30)8-10-20;1-15-12-16(8-10-20(15)28)18-4-2-7-25-26(18)34(17-9-11-24(32)22(30)13-17)27(33-25)35-14-19-21(29)5-3-6-23(19)31;1-14-10-15(8-9-18(14)28)16-4-2-7-24-26(16)35(25-12-22(32)21(31)11-23(25)33)27(34-24)36-13-17-19(29)5-3-6-20(17)30;1-15-12-16(8-10-20(15)28)18-4-2-7-24-26(18)34(25-11-9-17(30)13-23(25)32)27(33-24)35-14-19-21(29)5-3-6-22(19)31/h6-14,21H,3-5,15H2,1-2H3;3,5-6,8-13,18H,2,4,7,14H2,1H3;3,5-6,8-12,16H,2,4,7,13H2,1H3;3,5-6,8-13,18H,2,4,7,14H2,1H3. The lowest BCUT2D eigenvalue weighted by Crippen LogP contribution is -2.16. The van der Waals surface area contributed by atoms with Gasteiger partial charge in [-0.2, -0.15) is 0 Å². The van der Waals surface area contributed by atoms with Crippen molar-refractivity contribution in [2.24, 2.45) is 0 Å². The van der Waals surface area contributed by atoms with Gasteiger partial charge in [0.15, 0.2) is 32.3 Å². The van der Waals surface area contributed by atoms with Gasteiger partial charge in [0.1, 0.15) is 58.2 Å². The van der Waals surface area contributed by atoms with Crippen molar-refractivity contribution in [2.75, 3.05) is 0 Å². The molecule has 4 unspecified atom stereocenters. The quantitative estimate of drug-likeness (QED) is 0.0425. The Kier molecular flexibility index (Phi) is 32.8. The van der Waals surface area contributed by atoms with Crippen LogP contribution in [0.15, 0.2) is 233 Å². The van der Waals surface area contributed by atoms with E-state index in [2.05, 4.69) is 18.2 Å². The van der Waals surface area contributed by atoms with E-state index in [9.17, 15) is 43.9 Å². The molecule has 12 aromatic carbocycles. The van der Waals surface area contributed by atoms with Gasteiger partial charge in [0, 0.05) is 134 Å². The monoisotopic (exact) mass is 2140 g/mol. The number of aryl methyl sites for hydroxylation is 9. The molecule has 0 saturated carbocycles. The van der Waals surface area contributed by atoms with Gasteiger partial charge in [0.25, 0.3) is 0 Å². The highest BCUT2D eigenvalue weighted by Crippen LogP contribution is 2.50. The second-order valence-electron chi connectivity index (χ2n) is 34.9. The predicted molar refractivity (Wildman–Crippen MR) is 546 cm³/mol. The molecule has 0 spiro atoms. The van der Waals surface area contributed by atoms with Crippen molar-refractivity contribution in [3.63, 3.8) is 0 Å². The normalized spacial score (nSPS) is 15.3. The summed E-state index contributed by atoms with van der Waals surface area (Å²) in [6.45, 7) is 9.50. The lowest BCUT2D eigenvalue weighted by atomic mass is 9.83. The van der Waals surface area contributed by atoms with E-state index in [0.29, 0.717) is 87.0 Å². The van der Waals surface area contributed by atoms with Crippen molar-refractivity contribution in [1.29, 1.82) is 0 Å². The Balaban J connectivity index is 0.000000130. The molecule has 0 amide bonds. The summed E-state index contributed by atoms with van der Waals surface area (Å²) in [5.41, 5.74) is 18.6. The summed E-state index contributed by atoms with van der Waals surface area (Å²) in [5, 5.41) is 5.94. The van der Waals surface area contributed by atoms with Gasteiger partial charge in [-0.1, -0.05) is 207 Å². The van der Waals surface area contributed by atoms with E-state index < -0.39 is 58.2 Å². The maximum atomic E-state index is 15.1. The molecule has 20 rings (SSSR count). The number of imidazole rings is 4. The minimum Gasteiger partial charge on any atom is -0.291 e. The van der Waals surface area contributed by atoms with Crippen LogP contribution in [0.1, 0.15) is 193 Å². The highest BCUT2D eigenvalue weighted by atomic mass is 35.5. The smallest absolute Gasteiger partial charge is 0.173 e. The zero-order valence-corrected chi connectivity index (χ0v) is 85.4. The Hall–Kier alpha value is -9.64. The molecule has 0 N–H and O–H groups in total. The average Bonchev–Trinajstić information content (AvgIpc) is 1.63. The number of hydrogen-bond acceptors (Lipinski definition) is 8. The zero-order valence-electron chi connectivity index (χ0n) is 76.1. The molecule has 32 heteroatoms. The molecule has 0 radical (unpaired) electrons. The molecular formula is C109H86Cl8F12N8S4. The summed E-state index contributed by atoms with van der Waals surface area (Å²) in [6.07, 6.45) is 10.2. The molecule has 4 atom stereocenters. The minimum atomic E-state index is -1.28. The number of rotatable bonds is 20. The topological polar surface area (TPSA) is 71.3 Å². The third-order valence-electron chi connectivity index (χ3n) is 25.6. The maximum Gasteiger partial charge on any atom is 0.173 e. The SMILES string of the molecule is Cc1cc(C2CCCc3nc(SCc4c(F)cccc4Cl)n(-c4cc(F)c(F)cc4F)c32)ccc1Cl.Cc1cc(C2CCCc3nc(SCc4c(F)cccc4Cl)n(-c4ccc(F)c(Cl)c4)c32)ccc1Cl.Cc1cc(C2CCCc3nc(SCc4c(F)cccc4Cl)n(-c4ccc(F)cc4F)c32)ccc1Cl.Cc1cc(F)c(CSc2nc3c(n2-c2ccc(F)cc2)C(c2ccc(Cl)c(C)c2)CCC3)c(F)c1. The van der Waals surface area contributed by atoms with Crippen LogP contribution in [0.3, 0.4) is 0 Å². The zero-order chi connectivity index (χ0) is 99.6. The number of nitrogens with zero attached hydrogens (tertiary/aromatic N) is 8. The number of halogens is 20. The molecule has 0 saturated heterocycles. The number of benzene rings is 12. The van der Waals surface area contributed by atoms with Crippen LogP contribution in [-0.4, -0.2) is 38.2 Å². The minimum absolute atomic E-state index is 0.0251. The summed E-state index contributed by atoms with van der Waals surface area (Å²) in [4.78, 5) is 19.5. The molecule has 16 aromatic rings. The third kappa shape index (κ3) is 22.6. The van der Waals surface area contributed by atoms with Crippen LogP contribution >= 0.6 is 140 Å². The first-order valence-corrected chi connectivity index (χ1v) is 52.3. The molecule has 4 aliphatic carbocycles. The number of thioether (sulfide) groups is 4. The fourth-order valence-corrected chi connectivity index (χ4v) is 24.4.